The maximum Gasteiger partial charge on any atom is 0.224 e. The fourth-order valence-electron chi connectivity index (χ4n) is 3.76. The lowest BCUT2D eigenvalue weighted by Crippen LogP contribution is -2.45. The molecule has 2 bridgehead atoms. The fourth-order valence-corrected chi connectivity index (χ4v) is 4.62. The second-order valence-electron chi connectivity index (χ2n) is 6.05. The van der Waals surface area contributed by atoms with Crippen molar-refractivity contribution >= 4 is 17.2 Å². The molecule has 0 spiro atoms. The van der Waals surface area contributed by atoms with Gasteiger partial charge >= 0.3 is 0 Å². The summed E-state index contributed by atoms with van der Waals surface area (Å²) >= 11 is 1.74. The normalized spacial score (nSPS) is 31.7. The van der Waals surface area contributed by atoms with Gasteiger partial charge in [-0.1, -0.05) is 6.92 Å². The van der Waals surface area contributed by atoms with Gasteiger partial charge in [0.05, 0.1) is 10.9 Å². The van der Waals surface area contributed by atoms with E-state index in [1.54, 1.807) is 11.3 Å². The number of carbonyl (C=O) groups excluding carboxylic acids is 1. The van der Waals surface area contributed by atoms with Crippen LogP contribution in [0.4, 0.5) is 0 Å². The Morgan fingerprint density at radius 1 is 1.50 bits per heavy atom. The van der Waals surface area contributed by atoms with E-state index >= 15 is 0 Å². The van der Waals surface area contributed by atoms with E-state index < -0.39 is 0 Å². The molecule has 0 saturated heterocycles. The van der Waals surface area contributed by atoms with Crippen LogP contribution in [0.2, 0.25) is 0 Å². The average molecular weight is 293 g/mol. The van der Waals surface area contributed by atoms with Crippen molar-refractivity contribution in [3.05, 3.63) is 16.1 Å². The highest BCUT2D eigenvalue weighted by Crippen LogP contribution is 2.47. The largest absolute Gasteiger partial charge is 0.355 e. The minimum absolute atomic E-state index is 0.0521. The van der Waals surface area contributed by atoms with Gasteiger partial charge in [0, 0.05) is 30.1 Å². The van der Waals surface area contributed by atoms with Crippen LogP contribution in [0, 0.1) is 17.8 Å². The highest BCUT2D eigenvalue weighted by Gasteiger charge is 2.48. The molecule has 2 saturated carbocycles. The Morgan fingerprint density at radius 2 is 2.30 bits per heavy atom. The maximum absolute atomic E-state index is 12.3. The average Bonchev–Trinajstić information content (AvgIpc) is 3.13. The zero-order chi connectivity index (χ0) is 14.1. The van der Waals surface area contributed by atoms with E-state index in [0.717, 1.165) is 24.3 Å². The Kier molecular flexibility index (Phi) is 4.08. The van der Waals surface area contributed by atoms with Gasteiger partial charge in [0.25, 0.3) is 0 Å². The number of thiazole rings is 1. The van der Waals surface area contributed by atoms with Gasteiger partial charge in [-0.15, -0.1) is 11.3 Å². The lowest BCUT2D eigenvalue weighted by atomic mass is 9.84. The summed E-state index contributed by atoms with van der Waals surface area (Å²) in [6.45, 7) is 2.81. The van der Waals surface area contributed by atoms with Crippen LogP contribution >= 0.6 is 11.3 Å². The molecule has 4 unspecified atom stereocenters. The summed E-state index contributed by atoms with van der Waals surface area (Å²) in [5, 5.41) is 4.17. The van der Waals surface area contributed by atoms with Crippen molar-refractivity contribution in [1.29, 1.82) is 0 Å². The van der Waals surface area contributed by atoms with Crippen molar-refractivity contribution in [3.8, 4) is 0 Å². The second-order valence-corrected chi connectivity index (χ2v) is 7.25. The lowest BCUT2D eigenvalue weighted by Gasteiger charge is -2.26. The summed E-state index contributed by atoms with van der Waals surface area (Å²) in [7, 11) is 0. The Bertz CT molecular complexity index is 485. The summed E-state index contributed by atoms with van der Waals surface area (Å²) in [5.41, 5.74) is 6.20. The molecule has 2 fully saturated rings. The van der Waals surface area contributed by atoms with Gasteiger partial charge in [-0.2, -0.15) is 0 Å². The molecule has 3 N–H and O–H groups in total. The molecule has 5 heteroatoms. The van der Waals surface area contributed by atoms with E-state index in [9.17, 15) is 4.79 Å². The third-order valence-corrected chi connectivity index (χ3v) is 6.07. The molecule has 110 valence electrons. The van der Waals surface area contributed by atoms with E-state index in [0.29, 0.717) is 18.4 Å². The smallest absolute Gasteiger partial charge is 0.224 e. The van der Waals surface area contributed by atoms with Crippen LogP contribution in [-0.2, 0) is 17.6 Å². The number of amides is 1. The van der Waals surface area contributed by atoms with Crippen LogP contribution in [0.25, 0.3) is 0 Å². The van der Waals surface area contributed by atoms with Crippen LogP contribution in [0.1, 0.15) is 36.1 Å². The van der Waals surface area contributed by atoms with Crippen LogP contribution in [-0.4, -0.2) is 23.5 Å². The minimum Gasteiger partial charge on any atom is -0.355 e. The van der Waals surface area contributed by atoms with Crippen molar-refractivity contribution in [2.45, 2.75) is 45.1 Å². The van der Waals surface area contributed by atoms with Crippen molar-refractivity contribution < 1.29 is 4.79 Å². The molecule has 0 radical (unpaired) electrons. The third kappa shape index (κ3) is 2.61. The first kappa shape index (κ1) is 14.0. The summed E-state index contributed by atoms with van der Waals surface area (Å²) in [6, 6.07) is 0.0836. The Labute approximate surface area is 124 Å². The van der Waals surface area contributed by atoms with Gasteiger partial charge in [-0.3, -0.25) is 4.79 Å². The molecule has 1 aromatic heterocycles. The fraction of sp³-hybridized carbons (Fsp3) is 0.733. The first-order valence-electron chi connectivity index (χ1n) is 7.66. The molecule has 0 aromatic carbocycles. The van der Waals surface area contributed by atoms with E-state index in [1.807, 2.05) is 6.20 Å². The topological polar surface area (TPSA) is 68.0 Å². The monoisotopic (exact) mass is 293 g/mol. The predicted molar refractivity (Wildman–Crippen MR) is 80.5 cm³/mol. The second kappa shape index (κ2) is 5.82. The number of carbonyl (C=O) groups is 1. The van der Waals surface area contributed by atoms with Crippen LogP contribution in [0.3, 0.4) is 0 Å². The number of hydrogen-bond donors (Lipinski definition) is 2. The summed E-state index contributed by atoms with van der Waals surface area (Å²) < 4.78 is 0. The standard InChI is InChI=1S/C15H23N3OS/c1-2-11-8-18-12(20-11)5-6-17-15(19)13-9-3-4-10(7-9)14(13)16/h8-10,13-14H,2-7,16H2,1H3,(H,17,19). The number of aryl methyl sites for hydroxylation is 1. The number of hydrogen-bond acceptors (Lipinski definition) is 4. The first-order valence-corrected chi connectivity index (χ1v) is 8.47. The van der Waals surface area contributed by atoms with Crippen molar-refractivity contribution in [1.82, 2.24) is 10.3 Å². The zero-order valence-electron chi connectivity index (χ0n) is 12.0. The van der Waals surface area contributed by atoms with E-state index in [2.05, 4.69) is 17.2 Å². The highest BCUT2D eigenvalue weighted by atomic mass is 32.1. The lowest BCUT2D eigenvalue weighted by molar-refractivity contribution is -0.127. The SMILES string of the molecule is CCc1cnc(CCNC(=O)C2C3CCC(C3)C2N)s1. The van der Waals surface area contributed by atoms with E-state index in [4.69, 9.17) is 5.73 Å². The molecular weight excluding hydrogens is 270 g/mol. The molecule has 4 atom stereocenters. The van der Waals surface area contributed by atoms with Crippen LogP contribution < -0.4 is 11.1 Å². The number of nitrogens with one attached hydrogen (secondary N) is 1. The molecule has 2 aliphatic carbocycles. The van der Waals surface area contributed by atoms with Gasteiger partial charge in [-0.25, -0.2) is 4.98 Å². The Hall–Kier alpha value is -0.940. The van der Waals surface area contributed by atoms with Crippen LogP contribution in [0.5, 0.6) is 0 Å². The van der Waals surface area contributed by atoms with Gasteiger partial charge in [0.2, 0.25) is 5.91 Å². The Morgan fingerprint density at radius 3 is 2.95 bits per heavy atom. The summed E-state index contributed by atoms with van der Waals surface area (Å²) in [4.78, 5) is 18.0. The molecule has 3 rings (SSSR count). The maximum atomic E-state index is 12.3. The molecule has 1 aromatic rings. The van der Waals surface area contributed by atoms with E-state index in [1.165, 1.54) is 17.7 Å². The number of nitrogens with zero attached hydrogens (tertiary/aromatic N) is 1. The zero-order valence-corrected chi connectivity index (χ0v) is 12.8. The molecule has 1 heterocycles. The molecule has 2 aliphatic rings. The highest BCUT2D eigenvalue weighted by molar-refractivity contribution is 7.11. The van der Waals surface area contributed by atoms with Crippen molar-refractivity contribution in [3.63, 3.8) is 0 Å². The van der Waals surface area contributed by atoms with Gasteiger partial charge in [0.1, 0.15) is 0 Å². The molecular formula is C15H23N3OS. The quantitative estimate of drug-likeness (QED) is 0.869. The third-order valence-electron chi connectivity index (χ3n) is 4.87. The van der Waals surface area contributed by atoms with Gasteiger partial charge in [0.15, 0.2) is 0 Å². The predicted octanol–water partition coefficient (Wildman–Crippen LogP) is 1.74. The number of fused-ring (bicyclic) bond motifs is 2. The Balaban J connectivity index is 1.47. The van der Waals surface area contributed by atoms with Gasteiger partial charge < -0.3 is 11.1 Å². The summed E-state index contributed by atoms with van der Waals surface area (Å²) in [6.07, 6.45) is 7.35. The van der Waals surface area contributed by atoms with Gasteiger partial charge in [-0.05, 0) is 37.5 Å². The molecule has 20 heavy (non-hydrogen) atoms. The summed E-state index contributed by atoms with van der Waals surface area (Å²) in [5.74, 6) is 1.33. The number of rotatable bonds is 5. The first-order chi connectivity index (χ1) is 9.69. The molecule has 0 aliphatic heterocycles. The van der Waals surface area contributed by atoms with Crippen molar-refractivity contribution in [2.75, 3.05) is 6.54 Å². The minimum atomic E-state index is 0.0521. The number of aromatic nitrogens is 1. The van der Waals surface area contributed by atoms with Crippen LogP contribution in [0.15, 0.2) is 6.20 Å². The molecule has 4 nitrogen and oxygen atoms in total. The molecule has 1 amide bonds. The van der Waals surface area contributed by atoms with E-state index in [-0.39, 0.29) is 17.9 Å². The number of nitrogens with two attached hydrogens (primary N) is 1. The van der Waals surface area contributed by atoms with Crippen molar-refractivity contribution in [2.24, 2.45) is 23.5 Å².